The SMILES string of the molecule is Cc1c(NS(=O)(=O)C2=Cc3ccccc3CC2)c(=O)n(-c2ccccc2)n1C. The number of aryl methyl sites for hydroxylation is 1. The van der Waals surface area contributed by atoms with Crippen LogP contribution in [0.2, 0.25) is 0 Å². The summed E-state index contributed by atoms with van der Waals surface area (Å²) in [5.41, 5.74) is 2.94. The van der Waals surface area contributed by atoms with Crippen molar-refractivity contribution in [3.05, 3.63) is 86.7 Å². The topological polar surface area (TPSA) is 73.1 Å². The van der Waals surface area contributed by atoms with Crippen molar-refractivity contribution in [3.63, 3.8) is 0 Å². The van der Waals surface area contributed by atoms with E-state index in [0.29, 0.717) is 29.1 Å². The molecule has 28 heavy (non-hydrogen) atoms. The Bertz CT molecular complexity index is 1240. The number of hydrogen-bond donors (Lipinski definition) is 1. The number of sulfonamides is 1. The second kappa shape index (κ2) is 6.83. The predicted octanol–water partition coefficient (Wildman–Crippen LogP) is 3.21. The summed E-state index contributed by atoms with van der Waals surface area (Å²) in [6.45, 7) is 1.73. The van der Waals surface area contributed by atoms with E-state index in [2.05, 4.69) is 4.72 Å². The van der Waals surface area contributed by atoms with Crippen LogP contribution in [0.3, 0.4) is 0 Å². The van der Waals surface area contributed by atoms with Crippen molar-refractivity contribution in [1.29, 1.82) is 0 Å². The van der Waals surface area contributed by atoms with Gasteiger partial charge in [-0.3, -0.25) is 14.2 Å². The molecule has 1 heterocycles. The molecule has 1 aliphatic carbocycles. The molecule has 144 valence electrons. The van der Waals surface area contributed by atoms with E-state index in [0.717, 1.165) is 11.1 Å². The fraction of sp³-hybridized carbons (Fsp3) is 0.190. The largest absolute Gasteiger partial charge is 0.296 e. The molecule has 0 saturated carbocycles. The van der Waals surface area contributed by atoms with Crippen LogP contribution in [0, 0.1) is 6.92 Å². The lowest BCUT2D eigenvalue weighted by atomic mass is 9.98. The van der Waals surface area contributed by atoms with Crippen LogP contribution < -0.4 is 10.3 Å². The smallest absolute Gasteiger partial charge is 0.283 e. The molecule has 0 amide bonds. The molecule has 0 spiro atoms. The van der Waals surface area contributed by atoms with Crippen molar-refractivity contribution in [2.75, 3.05) is 4.72 Å². The van der Waals surface area contributed by atoms with Gasteiger partial charge in [-0.15, -0.1) is 0 Å². The molecule has 0 aliphatic heterocycles. The maximum atomic E-state index is 13.0. The number of allylic oxidation sites excluding steroid dienone is 1. The van der Waals surface area contributed by atoms with E-state index in [1.165, 1.54) is 4.68 Å². The molecule has 0 fully saturated rings. The number of para-hydroxylation sites is 1. The van der Waals surface area contributed by atoms with E-state index in [9.17, 15) is 13.2 Å². The summed E-state index contributed by atoms with van der Waals surface area (Å²) in [5, 5.41) is 0. The molecule has 4 rings (SSSR count). The van der Waals surface area contributed by atoms with Crippen molar-refractivity contribution in [1.82, 2.24) is 9.36 Å². The summed E-state index contributed by atoms with van der Waals surface area (Å²) < 4.78 is 31.6. The second-order valence-corrected chi connectivity index (χ2v) is 8.59. The van der Waals surface area contributed by atoms with E-state index in [1.807, 2.05) is 42.5 Å². The fourth-order valence-electron chi connectivity index (χ4n) is 3.50. The minimum atomic E-state index is -3.83. The summed E-state index contributed by atoms with van der Waals surface area (Å²) in [5.74, 6) is 0. The van der Waals surface area contributed by atoms with Gasteiger partial charge >= 0.3 is 0 Å². The summed E-state index contributed by atoms with van der Waals surface area (Å²) in [4.78, 5) is 13.3. The van der Waals surface area contributed by atoms with Gasteiger partial charge in [0.05, 0.1) is 16.3 Å². The van der Waals surface area contributed by atoms with Crippen LogP contribution in [0.4, 0.5) is 5.69 Å². The Labute approximate surface area is 163 Å². The number of fused-ring (bicyclic) bond motifs is 1. The van der Waals surface area contributed by atoms with Crippen LogP contribution in [-0.4, -0.2) is 17.8 Å². The molecule has 0 unspecified atom stereocenters. The quantitative estimate of drug-likeness (QED) is 0.737. The molecule has 1 aromatic heterocycles. The Kier molecular flexibility index (Phi) is 4.47. The molecule has 3 aromatic rings. The molecule has 1 aliphatic rings. The Morgan fingerprint density at radius 3 is 2.39 bits per heavy atom. The van der Waals surface area contributed by atoms with Crippen LogP contribution in [0.1, 0.15) is 23.2 Å². The predicted molar refractivity (Wildman–Crippen MR) is 111 cm³/mol. The molecule has 0 saturated heterocycles. The number of rotatable bonds is 4. The highest BCUT2D eigenvalue weighted by atomic mass is 32.2. The normalized spacial score (nSPS) is 13.7. The Morgan fingerprint density at radius 2 is 1.64 bits per heavy atom. The monoisotopic (exact) mass is 395 g/mol. The minimum Gasteiger partial charge on any atom is -0.283 e. The van der Waals surface area contributed by atoms with E-state index in [1.54, 1.807) is 36.9 Å². The number of nitrogens with zero attached hydrogens (tertiary/aromatic N) is 2. The van der Waals surface area contributed by atoms with Gasteiger partial charge in [-0.2, -0.15) is 0 Å². The van der Waals surface area contributed by atoms with E-state index in [4.69, 9.17) is 0 Å². The molecular weight excluding hydrogens is 374 g/mol. The summed E-state index contributed by atoms with van der Waals surface area (Å²) in [6, 6.07) is 16.9. The van der Waals surface area contributed by atoms with E-state index >= 15 is 0 Å². The first-order valence-electron chi connectivity index (χ1n) is 9.04. The Balaban J connectivity index is 1.74. The van der Waals surface area contributed by atoms with Gasteiger partial charge in [0.1, 0.15) is 5.69 Å². The molecule has 1 N–H and O–H groups in total. The number of anilines is 1. The van der Waals surface area contributed by atoms with Crippen molar-refractivity contribution in [2.24, 2.45) is 7.05 Å². The number of benzene rings is 2. The molecule has 0 bridgehead atoms. The lowest BCUT2D eigenvalue weighted by Gasteiger charge is -2.17. The zero-order valence-corrected chi connectivity index (χ0v) is 16.5. The van der Waals surface area contributed by atoms with Crippen LogP contribution in [-0.2, 0) is 23.5 Å². The summed E-state index contributed by atoms with van der Waals surface area (Å²) >= 11 is 0. The molecule has 6 nitrogen and oxygen atoms in total. The van der Waals surface area contributed by atoms with Gasteiger partial charge in [0.25, 0.3) is 15.6 Å². The highest BCUT2D eigenvalue weighted by molar-refractivity contribution is 7.96. The lowest BCUT2D eigenvalue weighted by molar-refractivity contribution is 0.605. The standard InChI is InChI=1S/C21H21N3O3S/c1-15-20(21(25)24(23(15)2)18-10-4-3-5-11-18)22-28(26,27)19-13-12-16-8-6-7-9-17(16)14-19/h3-11,14,22H,12-13H2,1-2H3. The third kappa shape index (κ3) is 3.07. The van der Waals surface area contributed by atoms with Crippen molar-refractivity contribution < 1.29 is 8.42 Å². The van der Waals surface area contributed by atoms with Crippen LogP contribution in [0.25, 0.3) is 11.8 Å². The number of nitrogens with one attached hydrogen (secondary N) is 1. The van der Waals surface area contributed by atoms with E-state index < -0.39 is 15.6 Å². The van der Waals surface area contributed by atoms with Gasteiger partial charge < -0.3 is 0 Å². The van der Waals surface area contributed by atoms with Crippen molar-refractivity contribution in [3.8, 4) is 5.69 Å². The maximum absolute atomic E-state index is 13.0. The lowest BCUT2D eigenvalue weighted by Crippen LogP contribution is -2.24. The highest BCUT2D eigenvalue weighted by Crippen LogP contribution is 2.28. The summed E-state index contributed by atoms with van der Waals surface area (Å²) in [7, 11) is -2.09. The molecule has 0 radical (unpaired) electrons. The third-order valence-electron chi connectivity index (χ3n) is 5.15. The van der Waals surface area contributed by atoms with Gasteiger partial charge in [0.15, 0.2) is 0 Å². The van der Waals surface area contributed by atoms with Crippen molar-refractivity contribution >= 4 is 21.8 Å². The van der Waals surface area contributed by atoms with Gasteiger partial charge in [-0.25, -0.2) is 13.1 Å². The first-order valence-corrected chi connectivity index (χ1v) is 10.5. The zero-order valence-electron chi connectivity index (χ0n) is 15.7. The van der Waals surface area contributed by atoms with E-state index in [-0.39, 0.29) is 5.69 Å². The average molecular weight is 395 g/mol. The first kappa shape index (κ1) is 18.3. The van der Waals surface area contributed by atoms with Gasteiger partial charge in [0, 0.05) is 7.05 Å². The molecular formula is C21H21N3O3S. The Morgan fingerprint density at radius 1 is 0.964 bits per heavy atom. The number of aromatic nitrogens is 2. The zero-order chi connectivity index (χ0) is 19.9. The van der Waals surface area contributed by atoms with Gasteiger partial charge in [-0.05, 0) is 49.1 Å². The maximum Gasteiger partial charge on any atom is 0.296 e. The van der Waals surface area contributed by atoms with Gasteiger partial charge in [0.2, 0.25) is 0 Å². The third-order valence-corrected chi connectivity index (χ3v) is 6.63. The number of hydrogen-bond acceptors (Lipinski definition) is 3. The van der Waals surface area contributed by atoms with Crippen LogP contribution >= 0.6 is 0 Å². The van der Waals surface area contributed by atoms with Crippen LogP contribution in [0.15, 0.2) is 64.3 Å². The second-order valence-electron chi connectivity index (χ2n) is 6.85. The molecule has 7 heteroatoms. The molecule has 0 atom stereocenters. The average Bonchev–Trinajstić information content (AvgIpc) is 2.91. The highest BCUT2D eigenvalue weighted by Gasteiger charge is 2.26. The minimum absolute atomic E-state index is 0.0751. The van der Waals surface area contributed by atoms with Crippen molar-refractivity contribution in [2.45, 2.75) is 19.8 Å². The Hall–Kier alpha value is -3.06. The summed E-state index contributed by atoms with van der Waals surface area (Å²) in [6.07, 6.45) is 2.76. The fourth-order valence-corrected chi connectivity index (χ4v) is 4.79. The molecule has 2 aromatic carbocycles. The van der Waals surface area contributed by atoms with Crippen LogP contribution in [0.5, 0.6) is 0 Å². The van der Waals surface area contributed by atoms with Gasteiger partial charge in [-0.1, -0.05) is 42.5 Å². The first-order chi connectivity index (χ1) is 13.4.